The largest absolute Gasteiger partial charge is 0.369 e. The first kappa shape index (κ1) is 15.5. The van der Waals surface area contributed by atoms with Crippen molar-refractivity contribution in [3.8, 4) is 0 Å². The van der Waals surface area contributed by atoms with E-state index in [1.54, 1.807) is 19.2 Å². The number of hydrogen-bond acceptors (Lipinski definition) is 5. The van der Waals surface area contributed by atoms with Gasteiger partial charge in [0.15, 0.2) is 0 Å². The van der Waals surface area contributed by atoms with E-state index in [1.807, 2.05) is 6.92 Å². The predicted molar refractivity (Wildman–Crippen MR) is 83.2 cm³/mol. The lowest BCUT2D eigenvalue weighted by Gasteiger charge is -2.11. The molecule has 2 aromatic heterocycles. The first-order chi connectivity index (χ1) is 9.94. The molecule has 2 heterocycles. The standard InChI is InChI=1S/C13H15ClN4O2S/c1-3-16-13-11(14)6-10(8-17-13)21(19,20)18-12-4-5-15-7-9(12)2/h4-8H,3H2,1-2H3,(H,15,18)(H,16,17). The van der Waals surface area contributed by atoms with Gasteiger partial charge < -0.3 is 5.32 Å². The van der Waals surface area contributed by atoms with E-state index in [2.05, 4.69) is 20.0 Å². The molecule has 0 unspecified atom stereocenters. The van der Waals surface area contributed by atoms with Crippen molar-refractivity contribution < 1.29 is 8.42 Å². The maximum absolute atomic E-state index is 12.3. The molecule has 112 valence electrons. The second-order valence-corrected chi connectivity index (χ2v) is 6.42. The van der Waals surface area contributed by atoms with Gasteiger partial charge in [-0.25, -0.2) is 13.4 Å². The molecular formula is C13H15ClN4O2S. The lowest BCUT2D eigenvalue weighted by Crippen LogP contribution is -2.14. The highest BCUT2D eigenvalue weighted by Gasteiger charge is 2.17. The van der Waals surface area contributed by atoms with Crippen LogP contribution in [0.4, 0.5) is 11.5 Å². The summed E-state index contributed by atoms with van der Waals surface area (Å²) in [6, 6.07) is 2.96. The van der Waals surface area contributed by atoms with E-state index in [1.165, 1.54) is 18.5 Å². The van der Waals surface area contributed by atoms with Crippen molar-refractivity contribution >= 4 is 33.1 Å². The molecule has 21 heavy (non-hydrogen) atoms. The van der Waals surface area contributed by atoms with Crippen LogP contribution in [0.3, 0.4) is 0 Å². The molecule has 0 radical (unpaired) electrons. The topological polar surface area (TPSA) is 84.0 Å². The van der Waals surface area contributed by atoms with E-state index >= 15 is 0 Å². The van der Waals surface area contributed by atoms with E-state index in [4.69, 9.17) is 11.6 Å². The number of anilines is 2. The Labute approximate surface area is 128 Å². The van der Waals surface area contributed by atoms with Crippen LogP contribution in [0.15, 0.2) is 35.6 Å². The molecule has 0 aliphatic carbocycles. The molecule has 8 heteroatoms. The normalized spacial score (nSPS) is 11.2. The average Bonchev–Trinajstić information content (AvgIpc) is 2.43. The highest BCUT2D eigenvalue weighted by molar-refractivity contribution is 7.92. The number of aromatic nitrogens is 2. The molecule has 0 aromatic carbocycles. The number of pyridine rings is 2. The number of halogens is 1. The molecule has 0 saturated carbocycles. The summed E-state index contributed by atoms with van der Waals surface area (Å²) in [6.07, 6.45) is 4.37. The van der Waals surface area contributed by atoms with Crippen molar-refractivity contribution in [1.29, 1.82) is 0 Å². The second-order valence-electron chi connectivity index (χ2n) is 4.33. The van der Waals surface area contributed by atoms with Crippen molar-refractivity contribution in [2.24, 2.45) is 0 Å². The molecule has 0 fully saturated rings. The summed E-state index contributed by atoms with van der Waals surface area (Å²) in [5.41, 5.74) is 1.20. The van der Waals surface area contributed by atoms with E-state index in [0.717, 1.165) is 5.56 Å². The van der Waals surface area contributed by atoms with Gasteiger partial charge in [-0.3, -0.25) is 9.71 Å². The number of rotatable bonds is 5. The van der Waals surface area contributed by atoms with Gasteiger partial charge >= 0.3 is 0 Å². The summed E-state index contributed by atoms with van der Waals surface area (Å²) in [7, 11) is -3.74. The van der Waals surface area contributed by atoms with Gasteiger partial charge in [0.05, 0.1) is 10.7 Å². The lowest BCUT2D eigenvalue weighted by atomic mass is 10.3. The predicted octanol–water partition coefficient (Wildman–Crippen LogP) is 2.67. The molecule has 0 aliphatic heterocycles. The van der Waals surface area contributed by atoms with Crippen molar-refractivity contribution in [3.05, 3.63) is 41.3 Å². The van der Waals surface area contributed by atoms with Gasteiger partial charge in [0.1, 0.15) is 10.7 Å². The number of nitrogens with one attached hydrogen (secondary N) is 2. The number of aryl methyl sites for hydroxylation is 1. The Balaban J connectivity index is 2.32. The van der Waals surface area contributed by atoms with Crippen LogP contribution in [0.25, 0.3) is 0 Å². The van der Waals surface area contributed by atoms with Gasteiger partial charge in [-0.15, -0.1) is 0 Å². The number of sulfonamides is 1. The van der Waals surface area contributed by atoms with Crippen LogP contribution in [-0.2, 0) is 10.0 Å². The molecular weight excluding hydrogens is 312 g/mol. The number of nitrogens with zero attached hydrogens (tertiary/aromatic N) is 2. The molecule has 2 aromatic rings. The fraction of sp³-hybridized carbons (Fsp3) is 0.231. The third kappa shape index (κ3) is 3.62. The van der Waals surface area contributed by atoms with Crippen LogP contribution in [0.2, 0.25) is 5.02 Å². The molecule has 0 bridgehead atoms. The Hall–Kier alpha value is -1.86. The average molecular weight is 327 g/mol. The SMILES string of the molecule is CCNc1ncc(S(=O)(=O)Nc2ccncc2C)cc1Cl. The summed E-state index contributed by atoms with van der Waals surface area (Å²) in [5.74, 6) is 0.457. The first-order valence-corrected chi connectivity index (χ1v) is 8.13. The van der Waals surface area contributed by atoms with Crippen LogP contribution in [0.5, 0.6) is 0 Å². The zero-order valence-electron chi connectivity index (χ0n) is 11.6. The van der Waals surface area contributed by atoms with E-state index < -0.39 is 10.0 Å². The summed E-state index contributed by atoms with van der Waals surface area (Å²) >= 11 is 6.02. The van der Waals surface area contributed by atoms with Crippen molar-refractivity contribution in [1.82, 2.24) is 9.97 Å². The van der Waals surface area contributed by atoms with Crippen LogP contribution in [-0.4, -0.2) is 24.9 Å². The fourth-order valence-electron chi connectivity index (χ4n) is 1.66. The molecule has 0 amide bonds. The molecule has 2 N–H and O–H groups in total. The zero-order valence-corrected chi connectivity index (χ0v) is 13.2. The van der Waals surface area contributed by atoms with Crippen LogP contribution in [0.1, 0.15) is 12.5 Å². The number of hydrogen-bond donors (Lipinski definition) is 2. The van der Waals surface area contributed by atoms with Crippen LogP contribution >= 0.6 is 11.6 Å². The molecule has 0 atom stereocenters. The zero-order chi connectivity index (χ0) is 15.5. The highest BCUT2D eigenvalue weighted by atomic mass is 35.5. The monoisotopic (exact) mass is 326 g/mol. The maximum Gasteiger partial charge on any atom is 0.263 e. The smallest absolute Gasteiger partial charge is 0.263 e. The Bertz CT molecular complexity index is 750. The summed E-state index contributed by atoms with van der Waals surface area (Å²) in [6.45, 7) is 4.31. The lowest BCUT2D eigenvalue weighted by molar-refractivity contribution is 0.601. The molecule has 0 spiro atoms. The maximum atomic E-state index is 12.3. The van der Waals surface area contributed by atoms with Crippen LogP contribution in [0, 0.1) is 6.92 Å². The van der Waals surface area contributed by atoms with Crippen molar-refractivity contribution in [2.75, 3.05) is 16.6 Å². The first-order valence-electron chi connectivity index (χ1n) is 6.27. The highest BCUT2D eigenvalue weighted by Crippen LogP contribution is 2.24. The van der Waals surface area contributed by atoms with Gasteiger partial charge in [-0.2, -0.15) is 0 Å². The third-order valence-electron chi connectivity index (χ3n) is 2.74. The minimum absolute atomic E-state index is 0.00497. The van der Waals surface area contributed by atoms with E-state index in [9.17, 15) is 8.42 Å². The van der Waals surface area contributed by atoms with Gasteiger partial charge in [0, 0.05) is 25.1 Å². The third-order valence-corrected chi connectivity index (χ3v) is 4.36. The van der Waals surface area contributed by atoms with Crippen molar-refractivity contribution in [2.45, 2.75) is 18.7 Å². The second kappa shape index (κ2) is 6.28. The van der Waals surface area contributed by atoms with E-state index in [0.29, 0.717) is 18.1 Å². The minimum atomic E-state index is -3.74. The quantitative estimate of drug-likeness (QED) is 0.882. The molecule has 2 rings (SSSR count). The Kier molecular flexibility index (Phi) is 4.64. The Morgan fingerprint density at radius 1 is 1.33 bits per heavy atom. The van der Waals surface area contributed by atoms with E-state index in [-0.39, 0.29) is 9.92 Å². The van der Waals surface area contributed by atoms with Crippen molar-refractivity contribution in [3.63, 3.8) is 0 Å². The fourth-order valence-corrected chi connectivity index (χ4v) is 3.06. The minimum Gasteiger partial charge on any atom is -0.369 e. The van der Waals surface area contributed by atoms with Gasteiger partial charge in [0.25, 0.3) is 10.0 Å². The Morgan fingerprint density at radius 2 is 2.10 bits per heavy atom. The Morgan fingerprint density at radius 3 is 2.71 bits per heavy atom. The van der Waals surface area contributed by atoms with Gasteiger partial charge in [-0.1, -0.05) is 11.6 Å². The summed E-state index contributed by atoms with van der Waals surface area (Å²) in [4.78, 5) is 7.95. The molecule has 6 nitrogen and oxygen atoms in total. The molecule has 0 aliphatic rings. The van der Waals surface area contributed by atoms with Gasteiger partial charge in [0.2, 0.25) is 0 Å². The summed E-state index contributed by atoms with van der Waals surface area (Å²) < 4.78 is 27.1. The van der Waals surface area contributed by atoms with Crippen LogP contribution < -0.4 is 10.0 Å². The van der Waals surface area contributed by atoms with Gasteiger partial charge in [-0.05, 0) is 31.5 Å². The summed E-state index contributed by atoms with van der Waals surface area (Å²) in [5, 5.41) is 3.20. The molecule has 0 saturated heterocycles.